The number of phenols is 1. The van der Waals surface area contributed by atoms with E-state index in [0.717, 1.165) is 12.8 Å². The zero-order valence-corrected chi connectivity index (χ0v) is 18.7. The molecule has 2 rings (SSSR count). The van der Waals surface area contributed by atoms with Crippen LogP contribution in [0.25, 0.3) is 0 Å². The number of unbranched alkanes of at least 4 members (excludes halogenated alkanes) is 5. The Labute approximate surface area is 181 Å². The summed E-state index contributed by atoms with van der Waals surface area (Å²) in [6.45, 7) is 4.36. The number of aliphatic carboxylic acids is 1. The molecule has 1 heterocycles. The Balaban J connectivity index is 0.00000338. The van der Waals surface area contributed by atoms with Crippen LogP contribution >= 0.6 is 11.8 Å². The SMILES string of the molecule is CCCCCCCCOc1ccc(C2=N[C@@](C)(C(=O)[O-])CS2)c(O)c1.[Na+]. The summed E-state index contributed by atoms with van der Waals surface area (Å²) in [7, 11) is 0. The van der Waals surface area contributed by atoms with Crippen LogP contribution in [-0.2, 0) is 4.79 Å². The minimum Gasteiger partial charge on any atom is -0.547 e. The molecule has 1 aliphatic heterocycles. The van der Waals surface area contributed by atoms with Gasteiger partial charge in [0.05, 0.1) is 12.6 Å². The number of nitrogens with zero attached hydrogens (tertiary/aromatic N) is 1. The predicted octanol–water partition coefficient (Wildman–Crippen LogP) is 0.138. The summed E-state index contributed by atoms with van der Waals surface area (Å²) < 4.78 is 5.68. The summed E-state index contributed by atoms with van der Waals surface area (Å²) in [5, 5.41) is 21.9. The van der Waals surface area contributed by atoms with Gasteiger partial charge in [0.1, 0.15) is 22.1 Å². The summed E-state index contributed by atoms with van der Waals surface area (Å²) in [5.41, 5.74) is -0.707. The van der Waals surface area contributed by atoms with E-state index in [0.29, 0.717) is 28.7 Å². The van der Waals surface area contributed by atoms with E-state index in [1.54, 1.807) is 18.2 Å². The first-order chi connectivity index (χ1) is 12.0. The van der Waals surface area contributed by atoms with Crippen molar-refractivity contribution in [2.24, 2.45) is 4.99 Å². The Morgan fingerprint density at radius 2 is 2.00 bits per heavy atom. The van der Waals surface area contributed by atoms with Gasteiger partial charge in [-0.3, -0.25) is 4.99 Å². The fourth-order valence-electron chi connectivity index (χ4n) is 2.59. The molecule has 0 radical (unpaired) electrons. The molecule has 138 valence electrons. The van der Waals surface area contributed by atoms with Crippen molar-refractivity contribution < 1.29 is 49.3 Å². The van der Waals surface area contributed by atoms with Crippen molar-refractivity contribution in [3.63, 3.8) is 0 Å². The molecule has 0 amide bonds. The molecule has 0 saturated heterocycles. The first-order valence-corrected chi connectivity index (χ1v) is 9.85. The number of rotatable bonds is 10. The number of aromatic hydroxyl groups is 1. The molecule has 1 atom stereocenters. The summed E-state index contributed by atoms with van der Waals surface area (Å²) in [5.74, 6) is -0.232. The zero-order valence-electron chi connectivity index (χ0n) is 15.9. The minimum absolute atomic E-state index is 0. The van der Waals surface area contributed by atoms with Crippen LogP contribution in [0, 0.1) is 0 Å². The number of hydrogen-bond acceptors (Lipinski definition) is 6. The van der Waals surface area contributed by atoms with Crippen molar-refractivity contribution in [2.45, 2.75) is 57.9 Å². The number of thioether (sulfide) groups is 1. The zero-order chi connectivity index (χ0) is 18.3. The number of ether oxygens (including phenoxy) is 1. The van der Waals surface area contributed by atoms with Crippen LogP contribution in [0.4, 0.5) is 0 Å². The van der Waals surface area contributed by atoms with Gasteiger partial charge in [-0.2, -0.15) is 0 Å². The third-order valence-corrected chi connectivity index (χ3v) is 5.54. The fraction of sp³-hybridized carbons (Fsp3) is 0.579. The minimum atomic E-state index is -1.24. The van der Waals surface area contributed by atoms with Crippen molar-refractivity contribution >= 4 is 22.8 Å². The van der Waals surface area contributed by atoms with Crippen molar-refractivity contribution in [3.8, 4) is 11.5 Å². The second-order valence-electron chi connectivity index (χ2n) is 6.56. The topological polar surface area (TPSA) is 82.0 Å². The smallest absolute Gasteiger partial charge is 0.547 e. The molecule has 0 bridgehead atoms. The number of carboxylic acids is 1. The van der Waals surface area contributed by atoms with Crippen LogP contribution in [-0.4, -0.2) is 34.0 Å². The van der Waals surface area contributed by atoms with Gasteiger partial charge >= 0.3 is 29.6 Å². The van der Waals surface area contributed by atoms with E-state index in [4.69, 9.17) is 4.74 Å². The van der Waals surface area contributed by atoms with Gasteiger partial charge in [0, 0.05) is 17.4 Å². The van der Waals surface area contributed by atoms with Crippen LogP contribution < -0.4 is 39.4 Å². The maximum absolute atomic E-state index is 11.2. The summed E-state index contributed by atoms with van der Waals surface area (Å²) in [6, 6.07) is 5.06. The van der Waals surface area contributed by atoms with Gasteiger partial charge in [0.2, 0.25) is 0 Å². The summed E-state index contributed by atoms with van der Waals surface area (Å²) in [4.78, 5) is 15.4. The maximum Gasteiger partial charge on any atom is 1.00 e. The number of aliphatic imine (C=N–C) groups is 1. The number of carboxylic acid groups (broad SMARTS) is 1. The van der Waals surface area contributed by atoms with E-state index in [2.05, 4.69) is 11.9 Å². The van der Waals surface area contributed by atoms with E-state index >= 15 is 0 Å². The number of carbonyl (C=O) groups excluding carboxylic acids is 1. The van der Waals surface area contributed by atoms with Crippen LogP contribution in [0.3, 0.4) is 0 Å². The largest absolute Gasteiger partial charge is 1.00 e. The maximum atomic E-state index is 11.2. The Morgan fingerprint density at radius 3 is 2.62 bits per heavy atom. The van der Waals surface area contributed by atoms with Gasteiger partial charge in [-0.25, -0.2) is 0 Å². The second-order valence-corrected chi connectivity index (χ2v) is 7.53. The van der Waals surface area contributed by atoms with Gasteiger partial charge in [-0.05, 0) is 25.5 Å². The number of phenolic OH excluding ortho intramolecular Hbond substituents is 1. The van der Waals surface area contributed by atoms with E-state index < -0.39 is 11.5 Å². The molecular weight excluding hydrogens is 361 g/mol. The average Bonchev–Trinajstić information content (AvgIpc) is 2.98. The molecule has 0 aromatic heterocycles. The molecule has 26 heavy (non-hydrogen) atoms. The molecule has 1 N–H and O–H groups in total. The van der Waals surface area contributed by atoms with Gasteiger partial charge < -0.3 is 19.7 Å². The van der Waals surface area contributed by atoms with Crippen molar-refractivity contribution in [1.82, 2.24) is 0 Å². The molecule has 0 saturated carbocycles. The Morgan fingerprint density at radius 1 is 1.31 bits per heavy atom. The van der Waals surface area contributed by atoms with E-state index in [9.17, 15) is 15.0 Å². The summed E-state index contributed by atoms with van der Waals surface area (Å²) >= 11 is 1.31. The van der Waals surface area contributed by atoms with Crippen LogP contribution in [0.2, 0.25) is 0 Å². The van der Waals surface area contributed by atoms with Crippen LogP contribution in [0.15, 0.2) is 23.2 Å². The molecule has 5 nitrogen and oxygen atoms in total. The molecule has 0 unspecified atom stereocenters. The Kier molecular flexibility index (Phi) is 10.1. The standard InChI is InChI=1S/C19H27NO4S.Na/c1-3-4-5-6-7-8-11-24-14-9-10-15(16(21)12-14)17-20-19(2,13-25-17)18(22)23;/h9-10,12,21H,3-8,11,13H2,1-2H3,(H,22,23);/q;+1/p-1/t19-;/m1./s1. The van der Waals surface area contributed by atoms with E-state index in [-0.39, 0.29) is 35.3 Å². The first-order valence-electron chi connectivity index (χ1n) is 8.86. The number of benzene rings is 1. The second kappa shape index (κ2) is 11.2. The molecular formula is C19H26NNaO4S. The molecule has 1 aromatic carbocycles. The van der Waals surface area contributed by atoms with E-state index in [1.165, 1.54) is 44.4 Å². The van der Waals surface area contributed by atoms with E-state index in [1.807, 2.05) is 0 Å². The van der Waals surface area contributed by atoms with Crippen molar-refractivity contribution in [2.75, 3.05) is 12.4 Å². The third kappa shape index (κ3) is 6.48. The molecule has 1 aliphatic rings. The predicted molar refractivity (Wildman–Crippen MR) is 99.4 cm³/mol. The number of carbonyl (C=O) groups is 1. The van der Waals surface area contributed by atoms with Gasteiger partial charge in [-0.15, -0.1) is 11.8 Å². The quantitative estimate of drug-likeness (QED) is 0.456. The third-order valence-electron chi connectivity index (χ3n) is 4.24. The monoisotopic (exact) mass is 387 g/mol. The molecule has 0 aliphatic carbocycles. The normalized spacial score (nSPS) is 18.9. The van der Waals surface area contributed by atoms with Crippen LogP contribution in [0.5, 0.6) is 11.5 Å². The fourth-order valence-corrected chi connectivity index (χ4v) is 3.79. The summed E-state index contributed by atoms with van der Waals surface area (Å²) in [6.07, 6.45) is 7.19. The van der Waals surface area contributed by atoms with Crippen molar-refractivity contribution in [1.29, 1.82) is 0 Å². The number of hydrogen-bond donors (Lipinski definition) is 1. The Bertz CT molecular complexity index is 638. The van der Waals surface area contributed by atoms with Crippen molar-refractivity contribution in [3.05, 3.63) is 23.8 Å². The van der Waals surface area contributed by atoms with Gasteiger partial charge in [-0.1, -0.05) is 39.0 Å². The van der Waals surface area contributed by atoms with Gasteiger partial charge in [0.25, 0.3) is 0 Å². The first kappa shape index (κ1) is 23.3. The molecule has 1 aromatic rings. The average molecular weight is 387 g/mol. The Hall–Kier alpha value is -0.690. The molecule has 0 fully saturated rings. The van der Waals surface area contributed by atoms with Gasteiger partial charge in [0.15, 0.2) is 0 Å². The molecule has 7 heteroatoms. The molecule has 0 spiro atoms. The van der Waals surface area contributed by atoms with Crippen LogP contribution in [0.1, 0.15) is 57.9 Å².